The molecular weight excluding hydrogens is 334 g/mol. The quantitative estimate of drug-likeness (QED) is 0.478. The topological polar surface area (TPSA) is 49.5 Å². The predicted octanol–water partition coefficient (Wildman–Crippen LogP) is 3.72. The van der Waals surface area contributed by atoms with Gasteiger partial charge in [0.25, 0.3) is 5.29 Å². The molecule has 1 aliphatic rings. The average molecular weight is 340 g/mol. The Morgan fingerprint density at radius 1 is 1.16 bits per heavy atom. The zero-order valence-electron chi connectivity index (χ0n) is 9.23. The molecule has 1 heterocycles. The van der Waals surface area contributed by atoms with E-state index in [1.807, 2.05) is 0 Å². The van der Waals surface area contributed by atoms with Crippen LogP contribution in [0.2, 0.25) is 10.0 Å². The molecule has 0 bridgehead atoms. The smallest absolute Gasteiger partial charge is 0.255 e. The average Bonchev–Trinajstić information content (AvgIpc) is 2.37. The van der Waals surface area contributed by atoms with E-state index in [1.165, 1.54) is 6.21 Å². The third-order valence-electron chi connectivity index (χ3n) is 2.05. The first-order valence-electron chi connectivity index (χ1n) is 4.95. The lowest BCUT2D eigenvalue weighted by Gasteiger charge is -2.18. The third kappa shape index (κ3) is 3.73. The van der Waals surface area contributed by atoms with Gasteiger partial charge in [0.1, 0.15) is 6.54 Å². The van der Waals surface area contributed by atoms with Crippen molar-refractivity contribution < 1.29 is 4.94 Å². The van der Waals surface area contributed by atoms with Crippen molar-refractivity contribution in [1.29, 1.82) is 0 Å². The van der Waals surface area contributed by atoms with E-state index < -0.39 is 0 Å². The first-order chi connectivity index (χ1) is 9.08. The summed E-state index contributed by atoms with van der Waals surface area (Å²) in [6.07, 6.45) is 1.37. The van der Waals surface area contributed by atoms with Gasteiger partial charge in [-0.3, -0.25) is 4.94 Å². The van der Waals surface area contributed by atoms with Crippen molar-refractivity contribution in [2.75, 3.05) is 6.54 Å². The zero-order chi connectivity index (χ0) is 13.8. The van der Waals surface area contributed by atoms with Crippen LogP contribution < -0.4 is 0 Å². The predicted molar refractivity (Wildman–Crippen MR) is 78.4 cm³/mol. The maximum absolute atomic E-state index is 5.97. The van der Waals surface area contributed by atoms with Gasteiger partial charge in [-0.15, -0.1) is 15.3 Å². The highest BCUT2D eigenvalue weighted by molar-refractivity contribution is 6.68. The van der Waals surface area contributed by atoms with Gasteiger partial charge in [-0.2, -0.15) is 0 Å². The van der Waals surface area contributed by atoms with Gasteiger partial charge in [-0.05, 0) is 23.7 Å². The van der Waals surface area contributed by atoms with E-state index in [4.69, 9.17) is 51.3 Å². The Hall–Kier alpha value is -1.01. The molecule has 19 heavy (non-hydrogen) atoms. The van der Waals surface area contributed by atoms with Gasteiger partial charge in [0.05, 0.1) is 16.3 Å². The zero-order valence-corrected chi connectivity index (χ0v) is 12.2. The Bertz CT molecular complexity index is 552. The molecule has 0 atom stereocenters. The number of nitrogens with zero attached hydrogens (tertiary/aromatic N) is 4. The van der Waals surface area contributed by atoms with E-state index in [2.05, 4.69) is 15.4 Å². The highest BCUT2D eigenvalue weighted by Gasteiger charge is 2.17. The second kappa shape index (κ2) is 6.43. The van der Waals surface area contributed by atoms with Crippen molar-refractivity contribution in [3.63, 3.8) is 0 Å². The second-order valence-electron chi connectivity index (χ2n) is 3.33. The molecule has 0 saturated heterocycles. The lowest BCUT2D eigenvalue weighted by molar-refractivity contribution is -0.0839. The van der Waals surface area contributed by atoms with E-state index in [1.54, 1.807) is 18.2 Å². The Labute approximate surface area is 129 Å². The molecule has 2 rings (SSSR count). The fraction of sp³-hybridized carbons (Fsp3) is 0.100. The van der Waals surface area contributed by atoms with Crippen LogP contribution in [-0.2, 0) is 4.94 Å². The summed E-state index contributed by atoms with van der Waals surface area (Å²) < 4.78 is 0. The van der Waals surface area contributed by atoms with Gasteiger partial charge in [-0.1, -0.05) is 46.0 Å². The number of benzene rings is 1. The number of halogens is 4. The molecule has 9 heteroatoms. The van der Waals surface area contributed by atoms with E-state index in [0.717, 1.165) is 5.06 Å². The minimum atomic E-state index is 0.0202. The van der Waals surface area contributed by atoms with Gasteiger partial charge in [0.2, 0.25) is 0 Å². The molecule has 0 fully saturated rings. The Morgan fingerprint density at radius 3 is 2.53 bits per heavy atom. The fourth-order valence-corrected chi connectivity index (χ4v) is 1.96. The molecule has 1 aromatic carbocycles. The molecule has 0 radical (unpaired) electrons. The van der Waals surface area contributed by atoms with E-state index in [-0.39, 0.29) is 17.0 Å². The van der Waals surface area contributed by atoms with Crippen molar-refractivity contribution >= 4 is 63.1 Å². The largest absolute Gasteiger partial charge is 0.265 e. The molecule has 0 aromatic heterocycles. The van der Waals surface area contributed by atoms with Crippen LogP contribution in [0.4, 0.5) is 0 Å². The Kier molecular flexibility index (Phi) is 4.87. The van der Waals surface area contributed by atoms with E-state index >= 15 is 0 Å². The van der Waals surface area contributed by atoms with Crippen LogP contribution in [0.3, 0.4) is 0 Å². The van der Waals surface area contributed by atoms with Crippen LogP contribution in [0.15, 0.2) is 33.6 Å². The lowest BCUT2D eigenvalue weighted by Crippen LogP contribution is -2.32. The molecule has 1 aliphatic heterocycles. The molecule has 100 valence electrons. The van der Waals surface area contributed by atoms with Crippen LogP contribution in [-0.4, -0.2) is 28.3 Å². The minimum Gasteiger partial charge on any atom is -0.265 e. The van der Waals surface area contributed by atoms with Crippen molar-refractivity contribution in [3.8, 4) is 0 Å². The molecule has 0 amide bonds. The van der Waals surface area contributed by atoms with Gasteiger partial charge in [0, 0.05) is 5.56 Å². The number of oxime groups is 1. The molecule has 1 aromatic rings. The summed E-state index contributed by atoms with van der Waals surface area (Å²) in [6, 6.07) is 5.11. The molecule has 0 saturated carbocycles. The van der Waals surface area contributed by atoms with Crippen molar-refractivity contribution in [3.05, 3.63) is 33.8 Å². The summed E-state index contributed by atoms with van der Waals surface area (Å²) in [5.41, 5.74) is 0.538. The highest BCUT2D eigenvalue weighted by Crippen LogP contribution is 2.22. The van der Waals surface area contributed by atoms with Crippen LogP contribution in [0, 0.1) is 0 Å². The van der Waals surface area contributed by atoms with Gasteiger partial charge in [0.15, 0.2) is 5.17 Å². The first-order valence-corrected chi connectivity index (χ1v) is 6.46. The number of hydrogen-bond acceptors (Lipinski definition) is 5. The van der Waals surface area contributed by atoms with Gasteiger partial charge < -0.3 is 0 Å². The SMILES string of the molecule is ClC1=NN=C(Cl)N(ON=Cc2c(Cl)cccc2Cl)C1. The summed E-state index contributed by atoms with van der Waals surface area (Å²) in [5.74, 6) is 0. The molecular formula is C10H6Cl4N4O. The maximum Gasteiger partial charge on any atom is 0.255 e. The summed E-state index contributed by atoms with van der Waals surface area (Å²) in [6.45, 7) is 0.150. The highest BCUT2D eigenvalue weighted by atomic mass is 35.5. The number of hydroxylamine groups is 2. The van der Waals surface area contributed by atoms with Crippen molar-refractivity contribution in [1.82, 2.24) is 5.06 Å². The minimum absolute atomic E-state index is 0.0202. The van der Waals surface area contributed by atoms with Crippen LogP contribution in [0.25, 0.3) is 0 Å². The van der Waals surface area contributed by atoms with Crippen LogP contribution in [0.5, 0.6) is 0 Å². The van der Waals surface area contributed by atoms with Crippen molar-refractivity contribution in [2.45, 2.75) is 0 Å². The Morgan fingerprint density at radius 2 is 1.84 bits per heavy atom. The number of rotatable bonds is 3. The number of amidine groups is 1. The van der Waals surface area contributed by atoms with Crippen LogP contribution in [0.1, 0.15) is 5.56 Å². The van der Waals surface area contributed by atoms with Gasteiger partial charge in [-0.25, -0.2) is 0 Å². The summed E-state index contributed by atoms with van der Waals surface area (Å²) >= 11 is 23.4. The molecule has 0 aliphatic carbocycles. The first kappa shape index (κ1) is 14.4. The molecule has 5 nitrogen and oxygen atoms in total. The van der Waals surface area contributed by atoms with E-state index in [0.29, 0.717) is 15.6 Å². The summed E-state index contributed by atoms with van der Waals surface area (Å²) in [4.78, 5) is 5.04. The second-order valence-corrected chi connectivity index (χ2v) is 4.92. The number of hydrogen-bond donors (Lipinski definition) is 0. The Balaban J connectivity index is 2.05. The lowest BCUT2D eigenvalue weighted by atomic mass is 10.2. The van der Waals surface area contributed by atoms with Crippen molar-refractivity contribution in [2.24, 2.45) is 15.4 Å². The molecule has 0 spiro atoms. The van der Waals surface area contributed by atoms with Crippen LogP contribution >= 0.6 is 46.4 Å². The van der Waals surface area contributed by atoms with Gasteiger partial charge >= 0.3 is 0 Å². The molecule has 0 N–H and O–H groups in total. The summed E-state index contributed by atoms with van der Waals surface area (Å²) in [7, 11) is 0. The third-order valence-corrected chi connectivity index (χ3v) is 3.17. The monoisotopic (exact) mass is 338 g/mol. The summed E-state index contributed by atoms with van der Waals surface area (Å²) in [5, 5.41) is 13.2. The van der Waals surface area contributed by atoms with E-state index in [9.17, 15) is 0 Å². The standard InChI is InChI=1S/C10H6Cl4N4O/c11-7-2-1-3-8(12)6(7)4-15-19-18-5-9(13)16-17-10(18)14/h1-4H,5H2. The normalized spacial score (nSPS) is 15.5. The molecule has 0 unspecified atom stereocenters. The maximum atomic E-state index is 5.97. The fourth-order valence-electron chi connectivity index (χ4n) is 1.19.